The molecule has 130 valence electrons. The van der Waals surface area contributed by atoms with Gasteiger partial charge in [0.05, 0.1) is 5.56 Å². The fourth-order valence-electron chi connectivity index (χ4n) is 2.96. The standard InChI is InChI=1S/C19H20FN3O2/c20-15-8-6-14(7-9-15)18(24)22-10-3-11-23(13-12-22)19(25)16-4-1-2-5-17(16)21/h1-2,4-9H,3,10-13,21H2. The van der Waals surface area contributed by atoms with E-state index in [1.807, 2.05) is 0 Å². The third kappa shape index (κ3) is 3.79. The molecule has 0 aliphatic carbocycles. The highest BCUT2D eigenvalue weighted by Crippen LogP contribution is 2.16. The van der Waals surface area contributed by atoms with E-state index < -0.39 is 0 Å². The number of carbonyl (C=O) groups excluding carboxylic acids is 2. The molecule has 25 heavy (non-hydrogen) atoms. The second-order valence-electron chi connectivity index (χ2n) is 6.03. The molecule has 0 aromatic heterocycles. The maximum absolute atomic E-state index is 13.0. The molecule has 6 heteroatoms. The van der Waals surface area contributed by atoms with Crippen LogP contribution in [0, 0.1) is 5.82 Å². The summed E-state index contributed by atoms with van der Waals surface area (Å²) in [6.07, 6.45) is 0.686. The Labute approximate surface area is 145 Å². The molecule has 0 bridgehead atoms. The maximum atomic E-state index is 13.0. The van der Waals surface area contributed by atoms with Gasteiger partial charge in [-0.05, 0) is 42.8 Å². The van der Waals surface area contributed by atoms with Gasteiger partial charge in [-0.2, -0.15) is 0 Å². The van der Waals surface area contributed by atoms with E-state index in [0.29, 0.717) is 49.4 Å². The Kier molecular flexibility index (Phi) is 4.97. The first-order valence-corrected chi connectivity index (χ1v) is 8.25. The first-order chi connectivity index (χ1) is 12.1. The molecule has 1 saturated heterocycles. The number of hydrogen-bond acceptors (Lipinski definition) is 3. The molecule has 0 saturated carbocycles. The average molecular weight is 341 g/mol. The van der Waals surface area contributed by atoms with Crippen LogP contribution in [0.5, 0.6) is 0 Å². The molecule has 5 nitrogen and oxygen atoms in total. The predicted molar refractivity (Wildman–Crippen MR) is 93.7 cm³/mol. The van der Waals surface area contributed by atoms with Crippen molar-refractivity contribution in [2.24, 2.45) is 0 Å². The van der Waals surface area contributed by atoms with Gasteiger partial charge in [-0.3, -0.25) is 9.59 Å². The molecule has 0 spiro atoms. The van der Waals surface area contributed by atoms with E-state index in [0.717, 1.165) is 0 Å². The second-order valence-corrected chi connectivity index (χ2v) is 6.03. The lowest BCUT2D eigenvalue weighted by molar-refractivity contribution is 0.0719. The van der Waals surface area contributed by atoms with E-state index in [1.165, 1.54) is 24.3 Å². The number of hydrogen-bond donors (Lipinski definition) is 1. The minimum atomic E-state index is -0.371. The molecule has 3 rings (SSSR count). The van der Waals surface area contributed by atoms with E-state index in [9.17, 15) is 14.0 Å². The molecule has 1 aliphatic heterocycles. The molecule has 0 radical (unpaired) electrons. The summed E-state index contributed by atoms with van der Waals surface area (Å²) < 4.78 is 13.0. The number of benzene rings is 2. The molecular weight excluding hydrogens is 321 g/mol. The summed E-state index contributed by atoms with van der Waals surface area (Å²) >= 11 is 0. The minimum absolute atomic E-state index is 0.116. The first-order valence-electron chi connectivity index (χ1n) is 8.25. The van der Waals surface area contributed by atoms with Gasteiger partial charge in [-0.25, -0.2) is 4.39 Å². The summed E-state index contributed by atoms with van der Waals surface area (Å²) in [5.41, 5.74) is 7.28. The number of nitrogens with zero attached hydrogens (tertiary/aromatic N) is 2. The van der Waals surface area contributed by atoms with Crippen molar-refractivity contribution in [3.05, 3.63) is 65.5 Å². The highest BCUT2D eigenvalue weighted by atomic mass is 19.1. The number of amides is 2. The van der Waals surface area contributed by atoms with Crippen LogP contribution in [0.1, 0.15) is 27.1 Å². The summed E-state index contributed by atoms with van der Waals surface area (Å²) in [5.74, 6) is -0.632. The van der Waals surface area contributed by atoms with Gasteiger partial charge >= 0.3 is 0 Å². The summed E-state index contributed by atoms with van der Waals surface area (Å²) in [7, 11) is 0. The van der Waals surface area contributed by atoms with Gasteiger partial charge in [0.1, 0.15) is 5.82 Å². The third-order valence-corrected chi connectivity index (χ3v) is 4.35. The lowest BCUT2D eigenvalue weighted by atomic mass is 10.1. The largest absolute Gasteiger partial charge is 0.398 e. The topological polar surface area (TPSA) is 66.6 Å². The molecule has 2 amide bonds. The number of nitrogen functional groups attached to an aromatic ring is 1. The monoisotopic (exact) mass is 341 g/mol. The van der Waals surface area contributed by atoms with Gasteiger partial charge in [-0.1, -0.05) is 12.1 Å². The van der Waals surface area contributed by atoms with Crippen LogP contribution in [0.3, 0.4) is 0 Å². The quantitative estimate of drug-likeness (QED) is 0.853. The van der Waals surface area contributed by atoms with Gasteiger partial charge in [0.25, 0.3) is 11.8 Å². The molecule has 0 unspecified atom stereocenters. The average Bonchev–Trinajstić information content (AvgIpc) is 2.88. The van der Waals surface area contributed by atoms with Crippen LogP contribution in [0.25, 0.3) is 0 Å². The van der Waals surface area contributed by atoms with Crippen molar-refractivity contribution in [1.82, 2.24) is 9.80 Å². The summed E-state index contributed by atoms with van der Waals surface area (Å²) in [5, 5.41) is 0. The number of anilines is 1. The van der Waals surface area contributed by atoms with E-state index in [4.69, 9.17) is 5.73 Å². The van der Waals surface area contributed by atoms with Gasteiger partial charge in [0, 0.05) is 37.4 Å². The van der Waals surface area contributed by atoms with Crippen LogP contribution >= 0.6 is 0 Å². The van der Waals surface area contributed by atoms with Crippen LogP contribution < -0.4 is 5.73 Å². The third-order valence-electron chi connectivity index (χ3n) is 4.35. The van der Waals surface area contributed by atoms with Crippen molar-refractivity contribution in [1.29, 1.82) is 0 Å². The van der Waals surface area contributed by atoms with Crippen molar-refractivity contribution in [2.45, 2.75) is 6.42 Å². The molecule has 2 aromatic carbocycles. The number of carbonyl (C=O) groups is 2. The number of rotatable bonds is 2. The van der Waals surface area contributed by atoms with E-state index in [-0.39, 0.29) is 17.6 Å². The minimum Gasteiger partial charge on any atom is -0.398 e. The fourth-order valence-corrected chi connectivity index (χ4v) is 2.96. The lowest BCUT2D eigenvalue weighted by Crippen LogP contribution is -2.37. The number of para-hydroxylation sites is 1. The second kappa shape index (κ2) is 7.34. The smallest absolute Gasteiger partial charge is 0.256 e. The fraction of sp³-hybridized carbons (Fsp3) is 0.263. The van der Waals surface area contributed by atoms with Gasteiger partial charge in [0.2, 0.25) is 0 Å². The van der Waals surface area contributed by atoms with Crippen molar-refractivity contribution in [3.63, 3.8) is 0 Å². The van der Waals surface area contributed by atoms with E-state index >= 15 is 0 Å². The SMILES string of the molecule is Nc1ccccc1C(=O)N1CCCN(C(=O)c2ccc(F)cc2)CC1. The van der Waals surface area contributed by atoms with Crippen LogP contribution in [0.4, 0.5) is 10.1 Å². The Morgan fingerprint density at radius 1 is 0.840 bits per heavy atom. The van der Waals surface area contributed by atoms with E-state index in [2.05, 4.69) is 0 Å². The molecule has 0 atom stereocenters. The van der Waals surface area contributed by atoms with Gasteiger partial charge in [0.15, 0.2) is 0 Å². The molecule has 1 aliphatic rings. The Morgan fingerprint density at radius 2 is 1.44 bits per heavy atom. The first kappa shape index (κ1) is 17.0. The van der Waals surface area contributed by atoms with Crippen LogP contribution in [-0.2, 0) is 0 Å². The lowest BCUT2D eigenvalue weighted by Gasteiger charge is -2.22. The highest BCUT2D eigenvalue weighted by molar-refractivity contribution is 5.99. The normalized spacial score (nSPS) is 14.9. The number of halogens is 1. The highest BCUT2D eigenvalue weighted by Gasteiger charge is 2.24. The van der Waals surface area contributed by atoms with Crippen LogP contribution in [0.15, 0.2) is 48.5 Å². The van der Waals surface area contributed by atoms with Crippen LogP contribution in [-0.4, -0.2) is 47.8 Å². The molecular formula is C19H20FN3O2. The predicted octanol–water partition coefficient (Wildman–Crippen LogP) is 2.40. The van der Waals surface area contributed by atoms with Gasteiger partial charge < -0.3 is 15.5 Å². The van der Waals surface area contributed by atoms with Crippen LogP contribution in [0.2, 0.25) is 0 Å². The summed E-state index contributed by atoms with van der Waals surface area (Å²) in [6, 6.07) is 12.5. The van der Waals surface area contributed by atoms with Crippen molar-refractivity contribution in [2.75, 3.05) is 31.9 Å². The van der Waals surface area contributed by atoms with Crippen molar-refractivity contribution < 1.29 is 14.0 Å². The molecule has 2 aromatic rings. The molecule has 1 fully saturated rings. The molecule has 2 N–H and O–H groups in total. The zero-order chi connectivity index (χ0) is 17.8. The Hall–Kier alpha value is -2.89. The van der Waals surface area contributed by atoms with Gasteiger partial charge in [-0.15, -0.1) is 0 Å². The Bertz CT molecular complexity index is 776. The zero-order valence-corrected chi connectivity index (χ0v) is 13.8. The Balaban J connectivity index is 1.68. The summed E-state index contributed by atoms with van der Waals surface area (Å²) in [4.78, 5) is 28.6. The van der Waals surface area contributed by atoms with E-state index in [1.54, 1.807) is 34.1 Å². The Morgan fingerprint density at radius 3 is 2.08 bits per heavy atom. The van der Waals surface area contributed by atoms with Crippen molar-refractivity contribution >= 4 is 17.5 Å². The van der Waals surface area contributed by atoms with Crippen molar-refractivity contribution in [3.8, 4) is 0 Å². The number of nitrogens with two attached hydrogens (primary N) is 1. The zero-order valence-electron chi connectivity index (χ0n) is 13.8. The summed E-state index contributed by atoms with van der Waals surface area (Å²) in [6.45, 7) is 2.01. The maximum Gasteiger partial charge on any atom is 0.256 e. The molecule has 1 heterocycles.